The summed E-state index contributed by atoms with van der Waals surface area (Å²) in [6.45, 7) is 6.46. The summed E-state index contributed by atoms with van der Waals surface area (Å²) in [5.41, 5.74) is 2.23. The van der Waals surface area contributed by atoms with Gasteiger partial charge in [0, 0.05) is 38.0 Å². The number of hydrogen-bond acceptors (Lipinski definition) is 8. The normalized spacial score (nSPS) is 29.9. The molecule has 4 aliphatic rings. The molecule has 10 heteroatoms. The number of Topliss-reactive ketones (excluding diaryl/α,β-unsaturated/α-hetero) is 1. The van der Waals surface area contributed by atoms with Crippen molar-refractivity contribution in [1.29, 1.82) is 0 Å². The van der Waals surface area contributed by atoms with E-state index in [-0.39, 0.29) is 24.4 Å². The number of aliphatic hydroxyl groups is 2. The van der Waals surface area contributed by atoms with E-state index in [1.165, 1.54) is 5.56 Å². The molecule has 34 heavy (non-hydrogen) atoms. The fourth-order valence-electron chi connectivity index (χ4n) is 6.11. The molecule has 1 aromatic rings. The SMILES string of the molecule is C1CNCCN1.C[C@]12CC[C@@H]3c4ccc(OS(=O)(=O)O)cc4CC[C@H]3[C@@H]1CCC2=O.OCCO. The maximum absolute atomic E-state index is 12.3. The van der Waals surface area contributed by atoms with Crippen LogP contribution in [0.2, 0.25) is 0 Å². The lowest BCUT2D eigenvalue weighted by atomic mass is 9.55. The number of benzene rings is 1. The van der Waals surface area contributed by atoms with E-state index in [9.17, 15) is 13.2 Å². The number of rotatable bonds is 3. The van der Waals surface area contributed by atoms with Crippen LogP contribution in [0.15, 0.2) is 18.2 Å². The summed E-state index contributed by atoms with van der Waals surface area (Å²) < 4.78 is 35.2. The van der Waals surface area contributed by atoms with Crippen molar-refractivity contribution in [2.75, 3.05) is 39.4 Å². The third kappa shape index (κ3) is 6.56. The van der Waals surface area contributed by atoms with E-state index >= 15 is 0 Å². The molecule has 0 bridgehead atoms. The van der Waals surface area contributed by atoms with Gasteiger partial charge in [-0.25, -0.2) is 0 Å². The lowest BCUT2D eigenvalue weighted by Crippen LogP contribution is -2.42. The molecule has 0 amide bonds. The summed E-state index contributed by atoms with van der Waals surface area (Å²) in [5.74, 6) is 2.05. The van der Waals surface area contributed by atoms with Crippen LogP contribution in [-0.4, -0.2) is 68.4 Å². The molecule has 0 aromatic heterocycles. The quantitative estimate of drug-likeness (QED) is 0.391. The Morgan fingerprint density at radius 2 is 1.68 bits per heavy atom. The molecular formula is C24H38N2O7S. The Morgan fingerprint density at radius 3 is 2.24 bits per heavy atom. The molecule has 1 aliphatic heterocycles. The van der Waals surface area contributed by atoms with Gasteiger partial charge in [0.1, 0.15) is 11.5 Å². The molecule has 0 radical (unpaired) electrons. The van der Waals surface area contributed by atoms with Crippen LogP contribution in [0.3, 0.4) is 0 Å². The fourth-order valence-corrected chi connectivity index (χ4v) is 6.45. The number of fused-ring (bicyclic) bond motifs is 5. The zero-order valence-electron chi connectivity index (χ0n) is 19.8. The van der Waals surface area contributed by atoms with Crippen LogP contribution < -0.4 is 14.8 Å². The third-order valence-corrected chi connectivity index (χ3v) is 8.07. The highest BCUT2D eigenvalue weighted by Gasteiger charge is 2.54. The smallest absolute Gasteiger partial charge is 0.394 e. The number of carbonyl (C=O) groups excluding carboxylic acids is 1. The van der Waals surface area contributed by atoms with E-state index in [2.05, 4.69) is 21.7 Å². The predicted molar refractivity (Wildman–Crippen MR) is 128 cm³/mol. The van der Waals surface area contributed by atoms with Crippen LogP contribution in [0.4, 0.5) is 0 Å². The molecule has 0 spiro atoms. The Morgan fingerprint density at radius 1 is 1.03 bits per heavy atom. The second-order valence-corrected chi connectivity index (χ2v) is 10.7. The van der Waals surface area contributed by atoms with Gasteiger partial charge in [0.05, 0.1) is 13.2 Å². The van der Waals surface area contributed by atoms with Gasteiger partial charge < -0.3 is 25.0 Å². The summed E-state index contributed by atoms with van der Waals surface area (Å²) >= 11 is 0. The Hall–Kier alpha value is -1.56. The molecule has 9 nitrogen and oxygen atoms in total. The second-order valence-electron chi connectivity index (χ2n) is 9.65. The maximum Gasteiger partial charge on any atom is 0.446 e. The predicted octanol–water partition coefficient (Wildman–Crippen LogP) is 1.44. The highest BCUT2D eigenvalue weighted by Crippen LogP contribution is 2.59. The number of carbonyl (C=O) groups is 1. The van der Waals surface area contributed by atoms with Crippen LogP contribution in [0.25, 0.3) is 0 Å². The number of aryl methyl sites for hydroxylation is 1. The van der Waals surface area contributed by atoms with Crippen LogP contribution in [0.1, 0.15) is 56.1 Å². The Balaban J connectivity index is 0.000000271. The molecule has 5 N–H and O–H groups in total. The van der Waals surface area contributed by atoms with Crippen molar-refractivity contribution in [3.63, 3.8) is 0 Å². The van der Waals surface area contributed by atoms with E-state index < -0.39 is 10.4 Å². The minimum absolute atomic E-state index is 0.125. The number of aliphatic hydroxyl groups excluding tert-OH is 2. The molecule has 2 saturated carbocycles. The van der Waals surface area contributed by atoms with Gasteiger partial charge in [0.25, 0.3) is 0 Å². The molecule has 1 saturated heterocycles. The monoisotopic (exact) mass is 498 g/mol. The van der Waals surface area contributed by atoms with Crippen molar-refractivity contribution in [3.8, 4) is 5.75 Å². The first-order valence-electron chi connectivity index (χ1n) is 12.2. The topological polar surface area (TPSA) is 145 Å². The van der Waals surface area contributed by atoms with Gasteiger partial charge in [-0.3, -0.25) is 9.35 Å². The summed E-state index contributed by atoms with van der Waals surface area (Å²) in [4.78, 5) is 12.3. The third-order valence-electron chi connectivity index (χ3n) is 7.67. The highest BCUT2D eigenvalue weighted by molar-refractivity contribution is 7.81. The fraction of sp³-hybridized carbons (Fsp3) is 0.708. The second kappa shape index (κ2) is 11.9. The first-order chi connectivity index (χ1) is 16.2. The molecular weight excluding hydrogens is 460 g/mol. The van der Waals surface area contributed by atoms with Crippen LogP contribution in [0.5, 0.6) is 5.75 Å². The van der Waals surface area contributed by atoms with Gasteiger partial charge in [-0.15, -0.1) is 0 Å². The van der Waals surface area contributed by atoms with Crippen LogP contribution in [-0.2, 0) is 21.6 Å². The summed E-state index contributed by atoms with van der Waals surface area (Å²) in [5, 5.41) is 21.7. The molecule has 5 rings (SSSR count). The Kier molecular flexibility index (Phi) is 9.48. The Bertz CT molecular complexity index is 922. The summed E-state index contributed by atoms with van der Waals surface area (Å²) in [7, 11) is -4.49. The molecule has 0 unspecified atom stereocenters. The average molecular weight is 499 g/mol. The molecule has 192 valence electrons. The molecule has 1 aromatic carbocycles. The van der Waals surface area contributed by atoms with Crippen molar-refractivity contribution in [2.45, 2.75) is 51.4 Å². The number of hydrogen-bond donors (Lipinski definition) is 5. The minimum Gasteiger partial charge on any atom is -0.394 e. The van der Waals surface area contributed by atoms with Gasteiger partial charge >= 0.3 is 10.4 Å². The number of piperazine rings is 1. The molecule has 1 heterocycles. The van der Waals surface area contributed by atoms with E-state index in [4.69, 9.17) is 14.8 Å². The van der Waals surface area contributed by atoms with E-state index in [1.54, 1.807) is 12.1 Å². The summed E-state index contributed by atoms with van der Waals surface area (Å²) in [6, 6.07) is 5.28. The van der Waals surface area contributed by atoms with Crippen LogP contribution in [0, 0.1) is 17.3 Å². The van der Waals surface area contributed by atoms with Crippen molar-refractivity contribution in [2.24, 2.45) is 17.3 Å². The molecule has 3 aliphatic carbocycles. The first kappa shape index (κ1) is 27.0. The number of nitrogens with one attached hydrogen (secondary N) is 2. The zero-order chi connectivity index (χ0) is 24.8. The lowest BCUT2D eigenvalue weighted by molar-refractivity contribution is -0.129. The summed E-state index contributed by atoms with van der Waals surface area (Å²) in [6.07, 6.45) is 5.57. The van der Waals surface area contributed by atoms with Crippen molar-refractivity contribution in [3.05, 3.63) is 29.3 Å². The van der Waals surface area contributed by atoms with Crippen molar-refractivity contribution >= 4 is 16.2 Å². The highest BCUT2D eigenvalue weighted by atomic mass is 32.3. The van der Waals surface area contributed by atoms with Crippen molar-refractivity contribution in [1.82, 2.24) is 10.6 Å². The van der Waals surface area contributed by atoms with Gasteiger partial charge in [-0.05, 0) is 73.1 Å². The minimum atomic E-state index is -4.49. The van der Waals surface area contributed by atoms with Gasteiger partial charge in [0.15, 0.2) is 0 Å². The van der Waals surface area contributed by atoms with Gasteiger partial charge in [0.2, 0.25) is 0 Å². The molecule has 3 fully saturated rings. The maximum atomic E-state index is 12.3. The largest absolute Gasteiger partial charge is 0.446 e. The number of ketones is 1. The van der Waals surface area contributed by atoms with E-state index in [0.29, 0.717) is 23.5 Å². The standard InChI is InChI=1S/C18H22O5S.C4H10N2.C2H6O2/c1-18-9-8-14-13-5-3-12(23-24(20,21)22)10-11(13)2-4-15(14)16(18)6-7-17(18)19;1-2-6-4-3-5-1;3-1-2-4/h3,5,10,14-16H,2,4,6-9H2,1H3,(H,20,21,22);5-6H,1-4H2;3-4H,1-2H2/t14-,15-,16+,18+;;/m1../s1. The van der Waals surface area contributed by atoms with Crippen LogP contribution >= 0.6 is 0 Å². The van der Waals surface area contributed by atoms with Gasteiger partial charge in [-0.1, -0.05) is 13.0 Å². The lowest BCUT2D eigenvalue weighted by Gasteiger charge is -2.48. The Labute approximate surface area is 202 Å². The van der Waals surface area contributed by atoms with Crippen molar-refractivity contribution < 1.29 is 32.2 Å². The zero-order valence-corrected chi connectivity index (χ0v) is 20.6. The van der Waals surface area contributed by atoms with E-state index in [0.717, 1.165) is 70.3 Å². The first-order valence-corrected chi connectivity index (χ1v) is 13.5. The van der Waals surface area contributed by atoms with E-state index in [1.807, 2.05) is 6.07 Å². The van der Waals surface area contributed by atoms with Gasteiger partial charge in [-0.2, -0.15) is 8.42 Å². The molecule has 4 atom stereocenters. The average Bonchev–Trinajstić information content (AvgIpc) is 3.14.